The van der Waals surface area contributed by atoms with Crippen LogP contribution in [0.2, 0.25) is 0 Å². The van der Waals surface area contributed by atoms with E-state index in [0.29, 0.717) is 12.7 Å². The second-order valence-electron chi connectivity index (χ2n) is 4.63. The molecule has 0 aliphatic carbocycles. The van der Waals surface area contributed by atoms with Crippen LogP contribution >= 0.6 is 23.1 Å². The fraction of sp³-hybridized carbons (Fsp3) is 0.714. The average molecular weight is 288 g/mol. The van der Waals surface area contributed by atoms with Gasteiger partial charge in [0.15, 0.2) is 0 Å². The van der Waals surface area contributed by atoms with E-state index in [-0.39, 0.29) is 12.2 Å². The third-order valence-electron chi connectivity index (χ3n) is 2.55. The van der Waals surface area contributed by atoms with Crippen molar-refractivity contribution in [2.24, 2.45) is 0 Å². The minimum absolute atomic E-state index is 0.173. The largest absolute Gasteiger partial charge is 0.376 e. The summed E-state index contributed by atoms with van der Waals surface area (Å²) in [5, 5.41) is 4.28. The molecule has 1 aromatic rings. The molecule has 0 fully saturated rings. The maximum atomic E-state index is 6.01. The van der Waals surface area contributed by atoms with E-state index in [1.165, 1.54) is 4.90 Å². The highest BCUT2D eigenvalue weighted by Crippen LogP contribution is 2.23. The summed E-state index contributed by atoms with van der Waals surface area (Å²) < 4.78 is 11.7. The maximum Gasteiger partial charge on any atom is 0.0905 e. The molecule has 104 valence electrons. The van der Waals surface area contributed by atoms with Crippen molar-refractivity contribution in [3.63, 3.8) is 0 Å². The van der Waals surface area contributed by atoms with E-state index in [4.69, 9.17) is 9.47 Å². The lowest BCUT2D eigenvalue weighted by molar-refractivity contribution is -0.0535. The van der Waals surface area contributed by atoms with E-state index >= 15 is 0 Å². The zero-order chi connectivity index (χ0) is 13.4. The summed E-state index contributed by atoms with van der Waals surface area (Å²) in [4.78, 5) is 1.32. The van der Waals surface area contributed by atoms with Crippen LogP contribution in [-0.2, 0) is 9.47 Å². The van der Waals surface area contributed by atoms with Gasteiger partial charge in [-0.25, -0.2) is 0 Å². The molecule has 0 bridgehead atoms. The SMILES string of the molecule is CCC(C)OC(COC(C)C)CSc1ccsc1. The van der Waals surface area contributed by atoms with E-state index in [1.54, 1.807) is 11.3 Å². The van der Waals surface area contributed by atoms with Crippen LogP contribution in [0, 0.1) is 0 Å². The molecule has 0 N–H and O–H groups in total. The predicted molar refractivity (Wildman–Crippen MR) is 80.8 cm³/mol. The maximum absolute atomic E-state index is 6.01. The van der Waals surface area contributed by atoms with Gasteiger partial charge >= 0.3 is 0 Å². The molecule has 0 amide bonds. The van der Waals surface area contributed by atoms with Gasteiger partial charge in [-0.3, -0.25) is 0 Å². The van der Waals surface area contributed by atoms with Crippen molar-refractivity contribution in [1.29, 1.82) is 0 Å². The van der Waals surface area contributed by atoms with Crippen molar-refractivity contribution >= 4 is 23.1 Å². The standard InChI is InChI=1S/C14H24O2S2/c1-5-12(4)16-13(8-15-11(2)3)9-18-14-6-7-17-10-14/h6-7,10-13H,5,8-9H2,1-4H3. The van der Waals surface area contributed by atoms with E-state index in [0.717, 1.165) is 12.2 Å². The molecule has 0 aliphatic heterocycles. The van der Waals surface area contributed by atoms with Crippen LogP contribution in [0.25, 0.3) is 0 Å². The molecule has 0 saturated carbocycles. The first-order valence-electron chi connectivity index (χ1n) is 6.53. The lowest BCUT2D eigenvalue weighted by atomic mass is 10.3. The summed E-state index contributed by atoms with van der Waals surface area (Å²) in [6.45, 7) is 9.08. The molecule has 2 nitrogen and oxygen atoms in total. The quantitative estimate of drug-likeness (QED) is 0.626. The molecule has 0 saturated heterocycles. The fourth-order valence-electron chi connectivity index (χ4n) is 1.37. The Hall–Kier alpha value is -0.0300. The second kappa shape index (κ2) is 8.97. The molecule has 0 aliphatic rings. The van der Waals surface area contributed by atoms with Gasteiger partial charge in [0.1, 0.15) is 0 Å². The van der Waals surface area contributed by atoms with Gasteiger partial charge in [-0.15, -0.1) is 11.8 Å². The van der Waals surface area contributed by atoms with Crippen LogP contribution in [0.4, 0.5) is 0 Å². The Kier molecular flexibility index (Phi) is 7.98. The van der Waals surface area contributed by atoms with Crippen molar-refractivity contribution in [3.8, 4) is 0 Å². The highest BCUT2D eigenvalue weighted by Gasteiger charge is 2.14. The molecule has 4 heteroatoms. The van der Waals surface area contributed by atoms with Crippen LogP contribution in [0.5, 0.6) is 0 Å². The molecule has 1 rings (SSSR count). The summed E-state index contributed by atoms with van der Waals surface area (Å²) in [6, 6.07) is 2.15. The Morgan fingerprint density at radius 1 is 1.33 bits per heavy atom. The average Bonchev–Trinajstić information content (AvgIpc) is 2.85. The van der Waals surface area contributed by atoms with Crippen molar-refractivity contribution < 1.29 is 9.47 Å². The first kappa shape index (κ1) is 16.0. The van der Waals surface area contributed by atoms with Crippen molar-refractivity contribution in [3.05, 3.63) is 16.8 Å². The minimum atomic E-state index is 0.173. The number of hydrogen-bond donors (Lipinski definition) is 0. The van der Waals surface area contributed by atoms with Gasteiger partial charge in [-0.05, 0) is 38.6 Å². The molecule has 0 radical (unpaired) electrons. The highest BCUT2D eigenvalue weighted by atomic mass is 32.2. The molecular formula is C14H24O2S2. The van der Waals surface area contributed by atoms with E-state index in [9.17, 15) is 0 Å². The molecule has 18 heavy (non-hydrogen) atoms. The second-order valence-corrected chi connectivity index (χ2v) is 6.50. The lowest BCUT2D eigenvalue weighted by Gasteiger charge is -2.22. The van der Waals surface area contributed by atoms with Crippen molar-refractivity contribution in [2.75, 3.05) is 12.4 Å². The number of thiophene rings is 1. The molecule has 1 heterocycles. The van der Waals surface area contributed by atoms with Crippen molar-refractivity contribution in [1.82, 2.24) is 0 Å². The van der Waals surface area contributed by atoms with E-state index in [2.05, 4.69) is 44.5 Å². The van der Waals surface area contributed by atoms with E-state index in [1.807, 2.05) is 11.8 Å². The summed E-state index contributed by atoms with van der Waals surface area (Å²) in [5.41, 5.74) is 0. The summed E-state index contributed by atoms with van der Waals surface area (Å²) >= 11 is 3.58. The lowest BCUT2D eigenvalue weighted by Crippen LogP contribution is -2.28. The summed E-state index contributed by atoms with van der Waals surface area (Å²) in [6.07, 6.45) is 1.78. The van der Waals surface area contributed by atoms with Crippen LogP contribution in [0.3, 0.4) is 0 Å². The van der Waals surface area contributed by atoms with Crippen LogP contribution in [0.15, 0.2) is 21.7 Å². The number of hydrogen-bond acceptors (Lipinski definition) is 4. The predicted octanol–water partition coefficient (Wildman–Crippen LogP) is 4.45. The monoisotopic (exact) mass is 288 g/mol. The van der Waals surface area contributed by atoms with Gasteiger partial charge in [0.05, 0.1) is 24.9 Å². The molecule has 2 unspecified atom stereocenters. The van der Waals surface area contributed by atoms with Gasteiger partial charge in [-0.2, -0.15) is 11.3 Å². The Labute approximate surface area is 119 Å². The van der Waals surface area contributed by atoms with Crippen LogP contribution in [0.1, 0.15) is 34.1 Å². The van der Waals surface area contributed by atoms with Crippen molar-refractivity contribution in [2.45, 2.75) is 57.3 Å². The molecule has 0 spiro atoms. The zero-order valence-electron chi connectivity index (χ0n) is 11.7. The highest BCUT2D eigenvalue weighted by molar-refractivity contribution is 7.99. The number of rotatable bonds is 9. The molecule has 0 aromatic carbocycles. The van der Waals surface area contributed by atoms with E-state index < -0.39 is 0 Å². The zero-order valence-corrected chi connectivity index (χ0v) is 13.4. The minimum Gasteiger partial charge on any atom is -0.376 e. The topological polar surface area (TPSA) is 18.5 Å². The third-order valence-corrected chi connectivity index (χ3v) is 4.50. The number of ether oxygens (including phenoxy) is 2. The molecule has 1 aromatic heterocycles. The smallest absolute Gasteiger partial charge is 0.0905 e. The molecular weight excluding hydrogens is 264 g/mol. The van der Waals surface area contributed by atoms with Gasteiger partial charge in [-0.1, -0.05) is 6.92 Å². The first-order valence-corrected chi connectivity index (χ1v) is 8.46. The Bertz CT molecular complexity index is 299. The number of thioether (sulfide) groups is 1. The summed E-state index contributed by atoms with van der Waals surface area (Å²) in [5.74, 6) is 0.952. The third kappa shape index (κ3) is 6.78. The Balaban J connectivity index is 2.37. The normalized spacial score (nSPS) is 14.9. The van der Waals surface area contributed by atoms with Crippen LogP contribution in [-0.4, -0.2) is 30.7 Å². The fourth-order valence-corrected chi connectivity index (χ4v) is 3.13. The van der Waals surface area contributed by atoms with Gasteiger partial charge < -0.3 is 9.47 Å². The Morgan fingerprint density at radius 2 is 2.11 bits per heavy atom. The summed E-state index contributed by atoms with van der Waals surface area (Å²) in [7, 11) is 0. The van der Waals surface area contributed by atoms with Gasteiger partial charge in [0.25, 0.3) is 0 Å². The van der Waals surface area contributed by atoms with Crippen LogP contribution < -0.4 is 0 Å². The molecule has 2 atom stereocenters. The van der Waals surface area contributed by atoms with Gasteiger partial charge in [0, 0.05) is 16.0 Å². The first-order chi connectivity index (χ1) is 8.61. The Morgan fingerprint density at radius 3 is 2.67 bits per heavy atom. The van der Waals surface area contributed by atoms with Gasteiger partial charge in [0.2, 0.25) is 0 Å².